The smallest absolute Gasteiger partial charge is 0.134 e. The number of furan rings is 1. The Morgan fingerprint density at radius 1 is 1.12 bits per heavy atom. The summed E-state index contributed by atoms with van der Waals surface area (Å²) in [4.78, 5) is 0. The van der Waals surface area contributed by atoms with E-state index in [1.807, 2.05) is 18.2 Å². The first-order valence-electron chi connectivity index (χ1n) is 6.07. The normalized spacial score (nSPS) is 25.3. The van der Waals surface area contributed by atoms with Crippen molar-refractivity contribution in [3.63, 3.8) is 0 Å². The second kappa shape index (κ2) is 4.55. The van der Waals surface area contributed by atoms with Crippen LogP contribution in [0.25, 0.3) is 11.0 Å². The summed E-state index contributed by atoms with van der Waals surface area (Å²) in [5, 5.41) is 2.03. The molecule has 0 aliphatic heterocycles. The molecule has 0 radical (unpaired) electrons. The second-order valence-electron chi connectivity index (χ2n) is 4.74. The van der Waals surface area contributed by atoms with E-state index < -0.39 is 0 Å². The van der Waals surface area contributed by atoms with Crippen molar-refractivity contribution in [2.24, 2.45) is 0 Å². The highest BCUT2D eigenvalue weighted by atomic mass is 35.5. The molecule has 1 saturated carbocycles. The number of alkyl halides is 1. The predicted octanol–water partition coefficient (Wildman–Crippen LogP) is 5.35. The fourth-order valence-electron chi connectivity index (χ4n) is 2.62. The van der Waals surface area contributed by atoms with E-state index in [9.17, 15) is 0 Å². The average Bonchev–Trinajstić information content (AvgIpc) is 2.72. The van der Waals surface area contributed by atoms with Crippen molar-refractivity contribution >= 4 is 34.2 Å². The molecule has 1 aliphatic carbocycles. The van der Waals surface area contributed by atoms with Gasteiger partial charge in [0.25, 0.3) is 0 Å². The lowest BCUT2D eigenvalue weighted by molar-refractivity contribution is 0.390. The third kappa shape index (κ3) is 2.19. The Bertz CT molecular complexity index is 532. The van der Waals surface area contributed by atoms with Gasteiger partial charge in [0.2, 0.25) is 0 Å². The predicted molar refractivity (Wildman–Crippen MR) is 72.1 cm³/mol. The zero-order chi connectivity index (χ0) is 11.8. The van der Waals surface area contributed by atoms with Crippen molar-refractivity contribution < 1.29 is 4.42 Å². The van der Waals surface area contributed by atoms with Gasteiger partial charge in [0.15, 0.2) is 0 Å². The van der Waals surface area contributed by atoms with E-state index >= 15 is 0 Å². The van der Waals surface area contributed by atoms with Gasteiger partial charge in [0.05, 0.1) is 0 Å². The number of rotatable bonds is 1. The SMILES string of the molecule is Clc1ccc2oc(C3CCCCC3Cl)cc2c1. The molecule has 0 saturated heterocycles. The summed E-state index contributed by atoms with van der Waals surface area (Å²) in [6, 6.07) is 7.81. The lowest BCUT2D eigenvalue weighted by Gasteiger charge is -2.24. The van der Waals surface area contributed by atoms with E-state index in [4.69, 9.17) is 27.6 Å². The van der Waals surface area contributed by atoms with E-state index in [2.05, 4.69) is 6.07 Å². The Morgan fingerprint density at radius 2 is 1.94 bits per heavy atom. The van der Waals surface area contributed by atoms with E-state index in [-0.39, 0.29) is 5.38 Å². The molecule has 1 nitrogen and oxygen atoms in total. The van der Waals surface area contributed by atoms with Crippen LogP contribution in [0.4, 0.5) is 0 Å². The molecule has 1 heterocycles. The molecule has 3 rings (SSSR count). The van der Waals surface area contributed by atoms with E-state index in [1.165, 1.54) is 12.8 Å². The van der Waals surface area contributed by atoms with Crippen molar-refractivity contribution in [2.75, 3.05) is 0 Å². The number of hydrogen-bond donors (Lipinski definition) is 0. The molecule has 17 heavy (non-hydrogen) atoms. The zero-order valence-corrected chi connectivity index (χ0v) is 11.0. The monoisotopic (exact) mass is 268 g/mol. The number of hydrogen-bond acceptors (Lipinski definition) is 1. The van der Waals surface area contributed by atoms with Crippen molar-refractivity contribution in [2.45, 2.75) is 37.0 Å². The summed E-state index contributed by atoms with van der Waals surface area (Å²) in [7, 11) is 0. The van der Waals surface area contributed by atoms with E-state index in [0.29, 0.717) is 5.92 Å². The van der Waals surface area contributed by atoms with Gasteiger partial charge in [-0.1, -0.05) is 24.4 Å². The van der Waals surface area contributed by atoms with Gasteiger partial charge in [0.1, 0.15) is 11.3 Å². The Morgan fingerprint density at radius 3 is 2.76 bits per heavy atom. The number of benzene rings is 1. The van der Waals surface area contributed by atoms with Gasteiger partial charge >= 0.3 is 0 Å². The number of halogens is 2. The van der Waals surface area contributed by atoms with E-state index in [0.717, 1.165) is 34.6 Å². The largest absolute Gasteiger partial charge is 0.461 e. The fraction of sp³-hybridized carbons (Fsp3) is 0.429. The van der Waals surface area contributed by atoms with Gasteiger partial charge in [-0.25, -0.2) is 0 Å². The van der Waals surface area contributed by atoms with Crippen molar-refractivity contribution in [1.29, 1.82) is 0 Å². The Hall–Kier alpha value is -0.660. The maximum Gasteiger partial charge on any atom is 0.134 e. The van der Waals surface area contributed by atoms with Gasteiger partial charge in [0, 0.05) is 21.7 Å². The number of fused-ring (bicyclic) bond motifs is 1. The maximum atomic E-state index is 6.39. The highest BCUT2D eigenvalue weighted by Crippen LogP contribution is 2.38. The third-order valence-corrected chi connectivity index (χ3v) is 4.30. The van der Waals surface area contributed by atoms with Crippen LogP contribution in [-0.4, -0.2) is 5.38 Å². The van der Waals surface area contributed by atoms with Crippen LogP contribution in [0.15, 0.2) is 28.7 Å². The fourth-order valence-corrected chi connectivity index (χ4v) is 3.21. The third-order valence-electron chi connectivity index (χ3n) is 3.54. The minimum atomic E-state index is 0.208. The Labute approximate surface area is 111 Å². The minimum absolute atomic E-state index is 0.208. The van der Waals surface area contributed by atoms with Gasteiger partial charge in [-0.05, 0) is 37.1 Å². The van der Waals surface area contributed by atoms with Crippen LogP contribution in [-0.2, 0) is 0 Å². The molecule has 2 aromatic rings. The molecule has 1 aromatic carbocycles. The molecule has 0 N–H and O–H groups in total. The first-order chi connectivity index (χ1) is 8.24. The van der Waals surface area contributed by atoms with Crippen molar-refractivity contribution in [3.05, 3.63) is 35.0 Å². The lowest BCUT2D eigenvalue weighted by Crippen LogP contribution is -2.16. The summed E-state index contributed by atoms with van der Waals surface area (Å²) in [6.45, 7) is 0. The first-order valence-corrected chi connectivity index (χ1v) is 6.88. The van der Waals surface area contributed by atoms with Crippen LogP contribution in [0.2, 0.25) is 5.02 Å². The quantitative estimate of drug-likeness (QED) is 0.636. The molecule has 1 aliphatic rings. The van der Waals surface area contributed by atoms with Gasteiger partial charge < -0.3 is 4.42 Å². The first kappa shape index (κ1) is 11.4. The van der Waals surface area contributed by atoms with Crippen LogP contribution >= 0.6 is 23.2 Å². The molecule has 0 spiro atoms. The summed E-state index contributed by atoms with van der Waals surface area (Å²) in [5.74, 6) is 1.37. The topological polar surface area (TPSA) is 13.1 Å². The zero-order valence-electron chi connectivity index (χ0n) is 9.46. The van der Waals surface area contributed by atoms with Crippen LogP contribution in [0.1, 0.15) is 37.4 Å². The Balaban J connectivity index is 1.99. The second-order valence-corrected chi connectivity index (χ2v) is 5.73. The molecule has 90 valence electrons. The lowest BCUT2D eigenvalue weighted by atomic mass is 9.87. The highest BCUT2D eigenvalue weighted by molar-refractivity contribution is 6.31. The van der Waals surface area contributed by atoms with Crippen LogP contribution in [0, 0.1) is 0 Å². The summed E-state index contributed by atoms with van der Waals surface area (Å²) in [5.41, 5.74) is 0.902. The van der Waals surface area contributed by atoms with Crippen LogP contribution in [0.3, 0.4) is 0 Å². The molecule has 1 aromatic heterocycles. The molecule has 0 amide bonds. The molecule has 2 unspecified atom stereocenters. The standard InChI is InChI=1S/C14H14Cl2O/c15-10-5-6-13-9(7-10)8-14(17-13)11-3-1-2-4-12(11)16/h5-8,11-12H,1-4H2. The maximum absolute atomic E-state index is 6.39. The van der Waals surface area contributed by atoms with Crippen molar-refractivity contribution in [3.8, 4) is 0 Å². The highest BCUT2D eigenvalue weighted by Gasteiger charge is 2.27. The van der Waals surface area contributed by atoms with Gasteiger partial charge in [-0.2, -0.15) is 0 Å². The van der Waals surface area contributed by atoms with Crippen LogP contribution in [0.5, 0.6) is 0 Å². The summed E-state index contributed by atoms with van der Waals surface area (Å²) in [6.07, 6.45) is 4.69. The molecular formula is C14H14Cl2O. The van der Waals surface area contributed by atoms with E-state index in [1.54, 1.807) is 0 Å². The van der Waals surface area contributed by atoms with Crippen molar-refractivity contribution in [1.82, 2.24) is 0 Å². The summed E-state index contributed by atoms with van der Waals surface area (Å²) >= 11 is 12.4. The average molecular weight is 269 g/mol. The van der Waals surface area contributed by atoms with Gasteiger partial charge in [-0.3, -0.25) is 0 Å². The molecule has 1 fully saturated rings. The molecule has 2 atom stereocenters. The van der Waals surface area contributed by atoms with Gasteiger partial charge in [-0.15, -0.1) is 11.6 Å². The van der Waals surface area contributed by atoms with Crippen LogP contribution < -0.4 is 0 Å². The Kier molecular flexibility index (Phi) is 3.06. The molecule has 0 bridgehead atoms. The summed E-state index contributed by atoms with van der Waals surface area (Å²) < 4.78 is 5.89. The minimum Gasteiger partial charge on any atom is -0.461 e. The molecule has 3 heteroatoms. The molecular weight excluding hydrogens is 255 g/mol.